The second-order valence-electron chi connectivity index (χ2n) is 4.31. The lowest BCUT2D eigenvalue weighted by molar-refractivity contribution is 0.589. The molecule has 0 spiro atoms. The van der Waals surface area contributed by atoms with Crippen molar-refractivity contribution in [3.63, 3.8) is 0 Å². The summed E-state index contributed by atoms with van der Waals surface area (Å²) in [5.74, 6) is 0. The fourth-order valence-electron chi connectivity index (χ4n) is 1.21. The Labute approximate surface area is 106 Å². The highest BCUT2D eigenvalue weighted by molar-refractivity contribution is 5.14. The summed E-state index contributed by atoms with van der Waals surface area (Å²) in [6.45, 7) is 6.83. The Morgan fingerprint density at radius 2 is 1.53 bits per heavy atom. The van der Waals surface area contributed by atoms with Crippen molar-refractivity contribution in [1.29, 1.82) is 0 Å². The Balaban J connectivity index is 0.000000366. The molecule has 3 heteroatoms. The zero-order valence-corrected chi connectivity index (χ0v) is 11.2. The van der Waals surface area contributed by atoms with E-state index in [0.717, 1.165) is 32.5 Å². The summed E-state index contributed by atoms with van der Waals surface area (Å²) >= 11 is 0. The number of hydrogen-bond donors (Lipinski definition) is 3. The van der Waals surface area contributed by atoms with Crippen LogP contribution in [0.4, 0.5) is 0 Å². The van der Waals surface area contributed by atoms with E-state index in [1.165, 1.54) is 5.56 Å². The van der Waals surface area contributed by atoms with E-state index in [4.69, 9.17) is 11.5 Å². The van der Waals surface area contributed by atoms with E-state index in [-0.39, 0.29) is 0 Å². The van der Waals surface area contributed by atoms with Crippen molar-refractivity contribution in [3.8, 4) is 0 Å². The van der Waals surface area contributed by atoms with Gasteiger partial charge in [-0.1, -0.05) is 44.2 Å². The minimum atomic E-state index is 0.565. The van der Waals surface area contributed by atoms with Gasteiger partial charge in [0.25, 0.3) is 0 Å². The molecule has 1 rings (SSSR count). The van der Waals surface area contributed by atoms with Crippen LogP contribution in [0.5, 0.6) is 0 Å². The molecule has 0 radical (unpaired) electrons. The van der Waals surface area contributed by atoms with E-state index < -0.39 is 0 Å². The van der Waals surface area contributed by atoms with Gasteiger partial charge in [0.05, 0.1) is 0 Å². The molecular weight excluding hydrogens is 210 g/mol. The number of rotatable bonds is 6. The van der Waals surface area contributed by atoms with Gasteiger partial charge < -0.3 is 16.8 Å². The molecule has 0 saturated heterocycles. The highest BCUT2D eigenvalue weighted by Crippen LogP contribution is 1.97. The first kappa shape index (κ1) is 16.1. The smallest absolute Gasteiger partial charge is 0.0207 e. The van der Waals surface area contributed by atoms with Crippen molar-refractivity contribution < 1.29 is 0 Å². The third kappa shape index (κ3) is 11.4. The molecule has 0 amide bonds. The molecule has 0 aliphatic carbocycles. The molecule has 98 valence electrons. The lowest BCUT2D eigenvalue weighted by atomic mass is 10.2. The van der Waals surface area contributed by atoms with Crippen LogP contribution < -0.4 is 16.8 Å². The average Bonchev–Trinajstić information content (AvgIpc) is 2.36. The molecule has 3 nitrogen and oxygen atoms in total. The van der Waals surface area contributed by atoms with Gasteiger partial charge in [-0.25, -0.2) is 0 Å². The van der Waals surface area contributed by atoms with Crippen LogP contribution >= 0.6 is 0 Å². The maximum atomic E-state index is 5.16. The molecule has 0 atom stereocenters. The third-order valence-corrected chi connectivity index (χ3v) is 2.22. The van der Waals surface area contributed by atoms with Gasteiger partial charge in [0.2, 0.25) is 0 Å². The van der Waals surface area contributed by atoms with Crippen LogP contribution in [0, 0.1) is 0 Å². The monoisotopic (exact) mass is 237 g/mol. The molecule has 0 aromatic heterocycles. The van der Waals surface area contributed by atoms with Crippen LogP contribution in [0.3, 0.4) is 0 Å². The molecule has 0 fully saturated rings. The van der Waals surface area contributed by atoms with Crippen molar-refractivity contribution in [1.82, 2.24) is 5.32 Å². The summed E-state index contributed by atoms with van der Waals surface area (Å²) in [4.78, 5) is 0. The Kier molecular flexibility index (Phi) is 11.0. The lowest BCUT2D eigenvalue weighted by Gasteiger charge is -2.06. The topological polar surface area (TPSA) is 64.1 Å². The minimum Gasteiger partial charge on any atom is -0.330 e. The van der Waals surface area contributed by atoms with Crippen LogP contribution in [-0.4, -0.2) is 19.1 Å². The van der Waals surface area contributed by atoms with Gasteiger partial charge in [0.1, 0.15) is 0 Å². The largest absolute Gasteiger partial charge is 0.330 e. The SMILES string of the molecule is CC(C)NCc1ccccc1.NCCCCN. The molecule has 0 saturated carbocycles. The average molecular weight is 237 g/mol. The molecule has 5 N–H and O–H groups in total. The van der Waals surface area contributed by atoms with Gasteiger partial charge in [-0.3, -0.25) is 0 Å². The fourth-order valence-corrected chi connectivity index (χ4v) is 1.21. The van der Waals surface area contributed by atoms with Gasteiger partial charge >= 0.3 is 0 Å². The predicted molar refractivity (Wildman–Crippen MR) is 75.8 cm³/mol. The van der Waals surface area contributed by atoms with Crippen LogP contribution in [0.15, 0.2) is 30.3 Å². The third-order valence-electron chi connectivity index (χ3n) is 2.22. The highest BCUT2D eigenvalue weighted by atomic mass is 14.9. The maximum absolute atomic E-state index is 5.16. The van der Waals surface area contributed by atoms with Crippen LogP contribution in [-0.2, 0) is 6.54 Å². The maximum Gasteiger partial charge on any atom is 0.0207 e. The Hall–Kier alpha value is -0.900. The number of unbranched alkanes of at least 4 members (excludes halogenated alkanes) is 1. The van der Waals surface area contributed by atoms with E-state index in [0.29, 0.717) is 6.04 Å². The van der Waals surface area contributed by atoms with Crippen molar-refractivity contribution in [2.45, 2.75) is 39.3 Å². The van der Waals surface area contributed by atoms with Crippen molar-refractivity contribution in [2.75, 3.05) is 13.1 Å². The first-order chi connectivity index (χ1) is 8.20. The Morgan fingerprint density at radius 1 is 1.00 bits per heavy atom. The van der Waals surface area contributed by atoms with Crippen molar-refractivity contribution >= 4 is 0 Å². The van der Waals surface area contributed by atoms with E-state index in [9.17, 15) is 0 Å². The molecule has 17 heavy (non-hydrogen) atoms. The van der Waals surface area contributed by atoms with Crippen LogP contribution in [0.2, 0.25) is 0 Å². The molecule has 0 heterocycles. The Morgan fingerprint density at radius 3 is 1.94 bits per heavy atom. The zero-order chi connectivity index (χ0) is 12.9. The molecule has 1 aromatic rings. The summed E-state index contributed by atoms with van der Waals surface area (Å²) < 4.78 is 0. The van der Waals surface area contributed by atoms with Gasteiger partial charge in [0.15, 0.2) is 0 Å². The number of hydrogen-bond acceptors (Lipinski definition) is 3. The number of nitrogens with one attached hydrogen (secondary N) is 1. The van der Waals surface area contributed by atoms with Gasteiger partial charge in [-0.15, -0.1) is 0 Å². The van der Waals surface area contributed by atoms with Gasteiger partial charge in [0, 0.05) is 12.6 Å². The van der Waals surface area contributed by atoms with E-state index in [2.05, 4.69) is 43.4 Å². The number of benzene rings is 1. The molecule has 0 unspecified atom stereocenters. The molecule has 0 aliphatic heterocycles. The zero-order valence-electron chi connectivity index (χ0n) is 11.2. The van der Waals surface area contributed by atoms with Crippen molar-refractivity contribution in [3.05, 3.63) is 35.9 Å². The molecule has 0 aliphatic rings. The van der Waals surface area contributed by atoms with Gasteiger partial charge in [-0.05, 0) is 31.5 Å². The summed E-state index contributed by atoms with van der Waals surface area (Å²) in [5, 5.41) is 3.36. The lowest BCUT2D eigenvalue weighted by Crippen LogP contribution is -2.21. The van der Waals surface area contributed by atoms with Crippen molar-refractivity contribution in [2.24, 2.45) is 11.5 Å². The second kappa shape index (κ2) is 11.6. The normalized spacial score (nSPS) is 9.94. The van der Waals surface area contributed by atoms with E-state index in [1.807, 2.05) is 6.07 Å². The fraction of sp³-hybridized carbons (Fsp3) is 0.571. The summed E-state index contributed by atoms with van der Waals surface area (Å²) in [6.07, 6.45) is 2.13. The summed E-state index contributed by atoms with van der Waals surface area (Å²) in [5.41, 5.74) is 11.7. The first-order valence-corrected chi connectivity index (χ1v) is 6.38. The molecule has 1 aromatic carbocycles. The number of nitrogens with two attached hydrogens (primary N) is 2. The second-order valence-corrected chi connectivity index (χ2v) is 4.31. The van der Waals surface area contributed by atoms with E-state index in [1.54, 1.807) is 0 Å². The first-order valence-electron chi connectivity index (χ1n) is 6.38. The summed E-state index contributed by atoms with van der Waals surface area (Å²) in [6, 6.07) is 11.0. The minimum absolute atomic E-state index is 0.565. The Bertz CT molecular complexity index is 243. The summed E-state index contributed by atoms with van der Waals surface area (Å²) in [7, 11) is 0. The standard InChI is InChI=1S/C10H15N.C4H12N2/c1-9(2)11-8-10-6-4-3-5-7-10;5-3-1-2-4-6/h3-7,9,11H,8H2,1-2H3;1-6H2. The molecular formula is C14H27N3. The predicted octanol–water partition coefficient (Wildman–Crippen LogP) is 1.87. The van der Waals surface area contributed by atoms with Crippen LogP contribution in [0.25, 0.3) is 0 Å². The van der Waals surface area contributed by atoms with Crippen LogP contribution in [0.1, 0.15) is 32.3 Å². The van der Waals surface area contributed by atoms with E-state index >= 15 is 0 Å². The highest BCUT2D eigenvalue weighted by Gasteiger charge is 1.92. The van der Waals surface area contributed by atoms with Gasteiger partial charge in [-0.2, -0.15) is 0 Å². The quantitative estimate of drug-likeness (QED) is 0.662. The molecule has 0 bridgehead atoms.